The molecule has 0 atom stereocenters. The van der Waals surface area contributed by atoms with Crippen molar-refractivity contribution in [2.24, 2.45) is 0 Å². The van der Waals surface area contributed by atoms with Gasteiger partial charge in [0.1, 0.15) is 5.76 Å². The molecule has 0 aliphatic carbocycles. The minimum Gasteiger partial charge on any atom is -0.398 e. The number of aromatic nitrogens is 1. The second kappa shape index (κ2) is 5.87. The Balaban J connectivity index is 2.21. The highest BCUT2D eigenvalue weighted by Gasteiger charge is 2.17. The van der Waals surface area contributed by atoms with Crippen LogP contribution in [0.3, 0.4) is 0 Å². The van der Waals surface area contributed by atoms with Crippen LogP contribution in [0.2, 0.25) is 0 Å². The molecule has 1 aromatic heterocycles. The van der Waals surface area contributed by atoms with Gasteiger partial charge in [-0.05, 0) is 38.0 Å². The van der Waals surface area contributed by atoms with E-state index < -0.39 is 10.0 Å². The lowest BCUT2D eigenvalue weighted by molar-refractivity contribution is 0.392. The van der Waals surface area contributed by atoms with Gasteiger partial charge in [-0.25, -0.2) is 13.1 Å². The number of aryl methyl sites for hydroxylation is 3. The highest BCUT2D eigenvalue weighted by molar-refractivity contribution is 7.89. The lowest BCUT2D eigenvalue weighted by atomic mass is 10.1. The molecule has 0 aliphatic rings. The van der Waals surface area contributed by atoms with Gasteiger partial charge in [0.2, 0.25) is 10.0 Å². The maximum Gasteiger partial charge on any atom is 0.240 e. The van der Waals surface area contributed by atoms with Crippen molar-refractivity contribution >= 4 is 15.7 Å². The topological polar surface area (TPSA) is 98.2 Å². The first-order valence-electron chi connectivity index (χ1n) is 6.65. The maximum absolute atomic E-state index is 12.3. The quantitative estimate of drug-likeness (QED) is 0.822. The summed E-state index contributed by atoms with van der Waals surface area (Å²) >= 11 is 0. The second-order valence-electron chi connectivity index (χ2n) is 4.84. The predicted molar refractivity (Wildman–Crippen MR) is 80.2 cm³/mol. The number of nitrogens with one attached hydrogen (secondary N) is 1. The van der Waals surface area contributed by atoms with Crippen LogP contribution in [-0.2, 0) is 23.0 Å². The Bertz CT molecular complexity index is 731. The molecule has 3 N–H and O–H groups in total. The van der Waals surface area contributed by atoms with Gasteiger partial charge in [0.05, 0.1) is 10.6 Å². The molecule has 0 saturated carbocycles. The second-order valence-corrected chi connectivity index (χ2v) is 6.61. The van der Waals surface area contributed by atoms with E-state index in [2.05, 4.69) is 9.88 Å². The number of anilines is 1. The number of hydrogen-bond donors (Lipinski definition) is 2. The Hall–Kier alpha value is -1.86. The Kier molecular flexibility index (Phi) is 4.34. The summed E-state index contributed by atoms with van der Waals surface area (Å²) in [5.74, 6) is 0.607. The Labute approximate surface area is 124 Å². The maximum atomic E-state index is 12.3. The first kappa shape index (κ1) is 15.5. The van der Waals surface area contributed by atoms with Gasteiger partial charge in [-0.15, -0.1) is 0 Å². The number of nitrogens with zero attached hydrogens (tertiary/aromatic N) is 1. The summed E-state index contributed by atoms with van der Waals surface area (Å²) in [6, 6.07) is 4.78. The van der Waals surface area contributed by atoms with Crippen LogP contribution in [0.1, 0.15) is 29.5 Å². The zero-order valence-electron chi connectivity index (χ0n) is 12.3. The van der Waals surface area contributed by atoms with Crippen molar-refractivity contribution in [2.45, 2.75) is 38.6 Å². The number of nitrogen functional groups attached to an aromatic ring is 1. The van der Waals surface area contributed by atoms with E-state index in [-0.39, 0.29) is 11.4 Å². The van der Waals surface area contributed by atoms with Crippen LogP contribution in [0.5, 0.6) is 0 Å². The summed E-state index contributed by atoms with van der Waals surface area (Å²) < 4.78 is 32.1. The summed E-state index contributed by atoms with van der Waals surface area (Å²) in [6.07, 6.45) is 0.763. The average molecular weight is 309 g/mol. The van der Waals surface area contributed by atoms with Gasteiger partial charge in [0.15, 0.2) is 0 Å². The van der Waals surface area contributed by atoms with Crippen molar-refractivity contribution in [1.29, 1.82) is 0 Å². The number of sulfonamides is 1. The molecule has 114 valence electrons. The summed E-state index contributed by atoms with van der Waals surface area (Å²) in [7, 11) is -3.62. The minimum atomic E-state index is -3.62. The molecule has 0 amide bonds. The molecule has 0 radical (unpaired) electrons. The van der Waals surface area contributed by atoms with Crippen molar-refractivity contribution in [3.05, 3.63) is 40.8 Å². The Morgan fingerprint density at radius 1 is 1.33 bits per heavy atom. The largest absolute Gasteiger partial charge is 0.398 e. The van der Waals surface area contributed by atoms with Crippen LogP contribution in [0.25, 0.3) is 0 Å². The summed E-state index contributed by atoms with van der Waals surface area (Å²) in [6.45, 7) is 5.63. The normalized spacial score (nSPS) is 11.8. The van der Waals surface area contributed by atoms with Crippen molar-refractivity contribution in [3.8, 4) is 0 Å². The van der Waals surface area contributed by atoms with Crippen molar-refractivity contribution < 1.29 is 12.9 Å². The van der Waals surface area contributed by atoms with E-state index >= 15 is 0 Å². The van der Waals surface area contributed by atoms with Gasteiger partial charge in [-0.1, -0.05) is 18.1 Å². The lowest BCUT2D eigenvalue weighted by Crippen LogP contribution is -2.24. The third-order valence-corrected chi connectivity index (χ3v) is 4.83. The van der Waals surface area contributed by atoms with Crippen LogP contribution >= 0.6 is 0 Å². The summed E-state index contributed by atoms with van der Waals surface area (Å²) in [4.78, 5) is 0.156. The van der Waals surface area contributed by atoms with E-state index in [0.29, 0.717) is 17.1 Å². The predicted octanol–water partition coefficient (Wildman–Crippen LogP) is 1.91. The first-order chi connectivity index (χ1) is 9.85. The number of hydrogen-bond acceptors (Lipinski definition) is 5. The van der Waals surface area contributed by atoms with Crippen LogP contribution < -0.4 is 10.5 Å². The first-order valence-corrected chi connectivity index (χ1v) is 8.13. The zero-order chi connectivity index (χ0) is 15.6. The third kappa shape index (κ3) is 3.25. The van der Waals surface area contributed by atoms with Crippen molar-refractivity contribution in [1.82, 2.24) is 9.88 Å². The van der Waals surface area contributed by atoms with E-state index in [1.807, 2.05) is 6.92 Å². The Morgan fingerprint density at radius 2 is 2.05 bits per heavy atom. The molecule has 2 rings (SSSR count). The smallest absolute Gasteiger partial charge is 0.240 e. The molecule has 7 heteroatoms. The highest BCUT2D eigenvalue weighted by Crippen LogP contribution is 2.19. The molecule has 0 spiro atoms. The molecule has 0 unspecified atom stereocenters. The molecular formula is C14H19N3O3S. The number of benzene rings is 1. The summed E-state index contributed by atoms with van der Waals surface area (Å²) in [5, 5.41) is 3.80. The monoisotopic (exact) mass is 309 g/mol. The fourth-order valence-electron chi connectivity index (χ4n) is 2.07. The molecule has 6 nitrogen and oxygen atoms in total. The lowest BCUT2D eigenvalue weighted by Gasteiger charge is -2.09. The SMILES string of the molecule is CCc1ccc(S(=O)(=O)NCc2c(C)noc2C)cc1N. The van der Waals surface area contributed by atoms with Crippen molar-refractivity contribution in [3.63, 3.8) is 0 Å². The highest BCUT2D eigenvalue weighted by atomic mass is 32.2. The number of rotatable bonds is 5. The Morgan fingerprint density at radius 3 is 2.57 bits per heavy atom. The van der Waals surface area contributed by atoms with Gasteiger partial charge >= 0.3 is 0 Å². The zero-order valence-corrected chi connectivity index (χ0v) is 13.1. The molecule has 2 aromatic rings. The fraction of sp³-hybridized carbons (Fsp3) is 0.357. The molecule has 0 saturated heterocycles. The molecular weight excluding hydrogens is 290 g/mol. The van der Waals surface area contributed by atoms with Crippen LogP contribution in [0.4, 0.5) is 5.69 Å². The van der Waals surface area contributed by atoms with E-state index in [1.165, 1.54) is 6.07 Å². The van der Waals surface area contributed by atoms with Gasteiger partial charge in [0, 0.05) is 17.8 Å². The van der Waals surface area contributed by atoms with Gasteiger partial charge in [-0.3, -0.25) is 0 Å². The van der Waals surface area contributed by atoms with Gasteiger partial charge in [0.25, 0.3) is 0 Å². The fourth-order valence-corrected chi connectivity index (χ4v) is 3.10. The van der Waals surface area contributed by atoms with E-state index in [1.54, 1.807) is 26.0 Å². The van der Waals surface area contributed by atoms with Gasteiger partial charge < -0.3 is 10.3 Å². The number of nitrogens with two attached hydrogens (primary N) is 1. The molecule has 0 fully saturated rings. The van der Waals surface area contributed by atoms with Gasteiger partial charge in [-0.2, -0.15) is 0 Å². The van der Waals surface area contributed by atoms with Crippen molar-refractivity contribution in [2.75, 3.05) is 5.73 Å². The van der Waals surface area contributed by atoms with Crippen LogP contribution in [-0.4, -0.2) is 13.6 Å². The van der Waals surface area contributed by atoms with E-state index in [9.17, 15) is 8.42 Å². The van der Waals surface area contributed by atoms with Crippen LogP contribution in [0, 0.1) is 13.8 Å². The third-order valence-electron chi connectivity index (χ3n) is 3.43. The summed E-state index contributed by atoms with van der Waals surface area (Å²) in [5.41, 5.74) is 8.69. The van der Waals surface area contributed by atoms with E-state index in [4.69, 9.17) is 10.3 Å². The standard InChI is InChI=1S/C14H19N3O3S/c1-4-11-5-6-12(7-14(11)15)21(18,19)16-8-13-9(2)17-20-10(13)3/h5-7,16H,4,8,15H2,1-3H3. The van der Waals surface area contributed by atoms with E-state index in [0.717, 1.165) is 17.5 Å². The molecule has 0 aliphatic heterocycles. The minimum absolute atomic E-state index is 0.138. The average Bonchev–Trinajstić information content (AvgIpc) is 2.76. The molecule has 21 heavy (non-hydrogen) atoms. The van der Waals surface area contributed by atoms with Crippen LogP contribution in [0.15, 0.2) is 27.6 Å². The molecule has 1 heterocycles. The molecule has 1 aromatic carbocycles. The molecule has 0 bridgehead atoms.